The first-order chi connectivity index (χ1) is 12.1. The molecule has 138 valence electrons. The van der Waals surface area contributed by atoms with Crippen LogP contribution in [-0.2, 0) is 17.8 Å². The molecule has 0 unspecified atom stereocenters. The minimum absolute atomic E-state index is 0.418. The average molecular weight is 348 g/mol. The van der Waals surface area contributed by atoms with Gasteiger partial charge in [-0.05, 0) is 74.4 Å². The van der Waals surface area contributed by atoms with Crippen molar-refractivity contribution in [3.8, 4) is 5.75 Å². The van der Waals surface area contributed by atoms with Gasteiger partial charge < -0.3 is 25.2 Å². The monoisotopic (exact) mass is 348 g/mol. The smallest absolute Gasteiger partial charge is 0.279 e. The van der Waals surface area contributed by atoms with Crippen molar-refractivity contribution in [3.05, 3.63) is 29.3 Å². The number of nitrogens with zero attached hydrogens (tertiary/aromatic N) is 1. The summed E-state index contributed by atoms with van der Waals surface area (Å²) in [5, 5.41) is 21.4. The molecule has 1 aromatic carbocycles. The van der Waals surface area contributed by atoms with Gasteiger partial charge in [0.1, 0.15) is 5.75 Å². The number of amides is 1. The van der Waals surface area contributed by atoms with Crippen LogP contribution < -0.4 is 10.1 Å². The van der Waals surface area contributed by atoms with Gasteiger partial charge in [-0.1, -0.05) is 6.07 Å². The third-order valence-corrected chi connectivity index (χ3v) is 5.21. The zero-order chi connectivity index (χ0) is 17.6. The van der Waals surface area contributed by atoms with Crippen molar-refractivity contribution in [1.29, 1.82) is 0 Å². The number of hydrogen-bond donors (Lipinski definition) is 3. The highest BCUT2D eigenvalue weighted by atomic mass is 16.5. The van der Waals surface area contributed by atoms with E-state index in [-0.39, 0.29) is 0 Å². The summed E-state index contributed by atoms with van der Waals surface area (Å²) in [6.07, 6.45) is 3.64. The molecule has 3 N–H and O–H groups in total. The largest absolute Gasteiger partial charge is 0.494 e. The second kappa shape index (κ2) is 8.65. The lowest BCUT2D eigenvalue weighted by Crippen LogP contribution is -2.42. The SMILES string of the molecule is O=C(C(O)O)N1CCc2cc(OCCCC3CCNCC3)ccc2C1. The lowest BCUT2D eigenvalue weighted by molar-refractivity contribution is -0.159. The minimum atomic E-state index is -1.93. The number of nitrogens with one attached hydrogen (secondary N) is 1. The number of aliphatic hydroxyl groups is 2. The summed E-state index contributed by atoms with van der Waals surface area (Å²) in [4.78, 5) is 13.2. The molecule has 25 heavy (non-hydrogen) atoms. The average Bonchev–Trinajstić information content (AvgIpc) is 2.65. The Hall–Kier alpha value is -1.63. The van der Waals surface area contributed by atoms with E-state index in [1.807, 2.05) is 12.1 Å². The first-order valence-corrected chi connectivity index (χ1v) is 9.24. The van der Waals surface area contributed by atoms with E-state index in [0.717, 1.165) is 43.3 Å². The molecule has 2 aliphatic heterocycles. The molecule has 0 aliphatic carbocycles. The molecule has 1 saturated heterocycles. The topological polar surface area (TPSA) is 82.0 Å². The van der Waals surface area contributed by atoms with Crippen LogP contribution in [0.15, 0.2) is 18.2 Å². The normalized spacial score (nSPS) is 18.3. The summed E-state index contributed by atoms with van der Waals surface area (Å²) in [7, 11) is 0. The highest BCUT2D eigenvalue weighted by molar-refractivity contribution is 5.79. The van der Waals surface area contributed by atoms with Gasteiger partial charge in [0.05, 0.1) is 6.61 Å². The van der Waals surface area contributed by atoms with E-state index in [2.05, 4.69) is 11.4 Å². The van der Waals surface area contributed by atoms with Crippen LogP contribution in [0.5, 0.6) is 5.75 Å². The van der Waals surface area contributed by atoms with Gasteiger partial charge in [0.2, 0.25) is 6.29 Å². The van der Waals surface area contributed by atoms with Crippen LogP contribution in [0.3, 0.4) is 0 Å². The van der Waals surface area contributed by atoms with Gasteiger partial charge in [-0.15, -0.1) is 0 Å². The summed E-state index contributed by atoms with van der Waals surface area (Å²) in [6.45, 7) is 3.95. The van der Waals surface area contributed by atoms with Crippen molar-refractivity contribution >= 4 is 5.91 Å². The molecule has 0 bridgehead atoms. The molecule has 2 heterocycles. The lowest BCUT2D eigenvalue weighted by atomic mass is 9.93. The predicted octanol–water partition coefficient (Wildman–Crippen LogP) is 1.04. The Morgan fingerprint density at radius 2 is 2.08 bits per heavy atom. The molecule has 0 saturated carbocycles. The van der Waals surface area contributed by atoms with Crippen LogP contribution >= 0.6 is 0 Å². The van der Waals surface area contributed by atoms with Crippen molar-refractivity contribution in [2.24, 2.45) is 5.92 Å². The predicted molar refractivity (Wildman–Crippen MR) is 94.1 cm³/mol. The Balaban J connectivity index is 1.46. The Labute approximate surface area is 148 Å². The Morgan fingerprint density at radius 1 is 1.28 bits per heavy atom. The van der Waals surface area contributed by atoms with Gasteiger partial charge in [-0.3, -0.25) is 4.79 Å². The Morgan fingerprint density at radius 3 is 2.84 bits per heavy atom. The number of benzene rings is 1. The standard InChI is InChI=1S/C19H28N2O4/c22-18(19(23)24)21-10-7-15-12-17(4-3-16(15)13-21)25-11-1-2-14-5-8-20-9-6-14/h3-4,12,14,19-20,23-24H,1-2,5-11,13H2. The van der Waals surface area contributed by atoms with Crippen LogP contribution in [0.4, 0.5) is 0 Å². The van der Waals surface area contributed by atoms with Crippen molar-refractivity contribution in [1.82, 2.24) is 10.2 Å². The summed E-state index contributed by atoms with van der Waals surface area (Å²) in [5.41, 5.74) is 2.22. The minimum Gasteiger partial charge on any atom is -0.494 e. The van der Waals surface area contributed by atoms with E-state index in [1.54, 1.807) is 0 Å². The molecule has 1 amide bonds. The second-order valence-corrected chi connectivity index (χ2v) is 7.00. The molecule has 3 rings (SSSR count). The maximum atomic E-state index is 11.7. The number of hydrogen-bond acceptors (Lipinski definition) is 5. The quantitative estimate of drug-likeness (QED) is 0.529. The molecule has 6 heteroatoms. The summed E-state index contributed by atoms with van der Waals surface area (Å²) < 4.78 is 5.90. The van der Waals surface area contributed by atoms with Gasteiger partial charge in [-0.2, -0.15) is 0 Å². The van der Waals surface area contributed by atoms with E-state index >= 15 is 0 Å². The van der Waals surface area contributed by atoms with Crippen molar-refractivity contribution in [3.63, 3.8) is 0 Å². The van der Waals surface area contributed by atoms with Crippen molar-refractivity contribution in [2.75, 3.05) is 26.2 Å². The van der Waals surface area contributed by atoms with Gasteiger partial charge in [0.15, 0.2) is 0 Å². The molecule has 1 aromatic rings. The van der Waals surface area contributed by atoms with Crippen LogP contribution in [0, 0.1) is 5.92 Å². The zero-order valence-corrected chi connectivity index (χ0v) is 14.6. The molecule has 0 atom stereocenters. The van der Waals surface area contributed by atoms with Gasteiger partial charge in [-0.25, -0.2) is 0 Å². The Bertz CT molecular complexity index is 585. The van der Waals surface area contributed by atoms with Crippen LogP contribution in [-0.4, -0.2) is 53.6 Å². The molecular weight excluding hydrogens is 320 g/mol. The summed E-state index contributed by atoms with van der Waals surface area (Å²) in [5.74, 6) is 1.08. The fraction of sp³-hybridized carbons (Fsp3) is 0.632. The van der Waals surface area contributed by atoms with Gasteiger partial charge >= 0.3 is 0 Å². The van der Waals surface area contributed by atoms with Crippen molar-refractivity contribution in [2.45, 2.75) is 44.9 Å². The number of rotatable bonds is 6. The lowest BCUT2D eigenvalue weighted by Gasteiger charge is -2.29. The van der Waals surface area contributed by atoms with Crippen molar-refractivity contribution < 1.29 is 19.7 Å². The van der Waals surface area contributed by atoms with Crippen LogP contribution in [0.25, 0.3) is 0 Å². The zero-order valence-electron chi connectivity index (χ0n) is 14.6. The maximum absolute atomic E-state index is 11.7. The molecule has 0 radical (unpaired) electrons. The number of piperidine rings is 1. The fourth-order valence-corrected chi connectivity index (χ4v) is 3.70. The van der Waals surface area contributed by atoms with E-state index in [9.17, 15) is 4.79 Å². The molecule has 0 spiro atoms. The molecular formula is C19H28N2O4. The van der Waals surface area contributed by atoms with Crippen LogP contribution in [0.2, 0.25) is 0 Å². The number of carbonyl (C=O) groups is 1. The highest BCUT2D eigenvalue weighted by Crippen LogP contribution is 2.25. The number of aliphatic hydroxyl groups excluding tert-OH is 1. The third kappa shape index (κ3) is 4.93. The van der Waals surface area contributed by atoms with E-state index in [1.165, 1.54) is 29.7 Å². The molecule has 1 fully saturated rings. The van der Waals surface area contributed by atoms with Gasteiger partial charge in [0.25, 0.3) is 5.91 Å². The number of fused-ring (bicyclic) bond motifs is 1. The molecule has 0 aromatic heterocycles. The van der Waals surface area contributed by atoms with E-state index < -0.39 is 12.2 Å². The van der Waals surface area contributed by atoms with E-state index in [0.29, 0.717) is 19.5 Å². The van der Waals surface area contributed by atoms with Crippen LogP contribution in [0.1, 0.15) is 36.8 Å². The molecule has 2 aliphatic rings. The second-order valence-electron chi connectivity index (χ2n) is 7.00. The highest BCUT2D eigenvalue weighted by Gasteiger charge is 2.24. The third-order valence-electron chi connectivity index (χ3n) is 5.21. The number of ether oxygens (including phenoxy) is 1. The Kier molecular flexibility index (Phi) is 6.29. The maximum Gasteiger partial charge on any atom is 0.279 e. The first-order valence-electron chi connectivity index (χ1n) is 9.24. The van der Waals surface area contributed by atoms with Gasteiger partial charge in [0, 0.05) is 13.1 Å². The summed E-state index contributed by atoms with van der Waals surface area (Å²) in [6, 6.07) is 5.96. The number of carbonyl (C=O) groups excluding carboxylic acids is 1. The first kappa shape index (κ1) is 18.2. The molecule has 6 nitrogen and oxygen atoms in total. The van der Waals surface area contributed by atoms with E-state index in [4.69, 9.17) is 14.9 Å². The summed E-state index contributed by atoms with van der Waals surface area (Å²) >= 11 is 0. The fourth-order valence-electron chi connectivity index (χ4n) is 3.70.